The van der Waals surface area contributed by atoms with Gasteiger partial charge in [-0.15, -0.1) is 0 Å². The fourth-order valence-electron chi connectivity index (χ4n) is 3.75. The zero-order valence-electron chi connectivity index (χ0n) is 21.6. The summed E-state index contributed by atoms with van der Waals surface area (Å²) in [5.74, 6) is -4.26. The van der Waals surface area contributed by atoms with Gasteiger partial charge in [0.05, 0.1) is 12.6 Å². The summed E-state index contributed by atoms with van der Waals surface area (Å²) < 4.78 is 0. The average molecular weight is 513 g/mol. The summed E-state index contributed by atoms with van der Waals surface area (Å²) in [7, 11) is 0. The zero-order valence-corrected chi connectivity index (χ0v) is 21.6. The van der Waals surface area contributed by atoms with E-state index in [2.05, 4.69) is 21.3 Å². The Bertz CT molecular complexity index is 834. The Morgan fingerprint density at radius 1 is 0.972 bits per heavy atom. The maximum atomic E-state index is 12.9. The molecule has 0 unspecified atom stereocenters. The van der Waals surface area contributed by atoms with Gasteiger partial charge in [-0.25, -0.2) is 0 Å². The summed E-state index contributed by atoms with van der Waals surface area (Å²) in [6.07, 6.45) is 1.65. The van der Waals surface area contributed by atoms with E-state index >= 15 is 0 Å². The third kappa shape index (κ3) is 9.10. The highest BCUT2D eigenvalue weighted by Gasteiger charge is 2.37. The minimum atomic E-state index is -1.19. The predicted molar refractivity (Wildman–Crippen MR) is 130 cm³/mol. The van der Waals surface area contributed by atoms with Crippen molar-refractivity contribution in [3.8, 4) is 0 Å². The smallest absolute Gasteiger partial charge is 0.322 e. The van der Waals surface area contributed by atoms with Crippen LogP contribution in [0.5, 0.6) is 0 Å². The van der Waals surface area contributed by atoms with Gasteiger partial charge in [0.2, 0.25) is 29.5 Å². The van der Waals surface area contributed by atoms with Gasteiger partial charge in [0.1, 0.15) is 24.7 Å². The molecule has 1 heterocycles. The lowest BCUT2D eigenvalue weighted by Crippen LogP contribution is -2.57. The largest absolute Gasteiger partial charge is 0.480 e. The van der Waals surface area contributed by atoms with Crippen LogP contribution in [0, 0.1) is 11.8 Å². The lowest BCUT2D eigenvalue weighted by atomic mass is 9.99. The molecule has 1 aliphatic rings. The number of carbonyl (C=O) groups excluding carboxylic acids is 5. The van der Waals surface area contributed by atoms with Crippen LogP contribution in [0.25, 0.3) is 0 Å². The maximum Gasteiger partial charge on any atom is 0.322 e. The van der Waals surface area contributed by atoms with Crippen molar-refractivity contribution >= 4 is 35.5 Å². The summed E-state index contributed by atoms with van der Waals surface area (Å²) in [5.41, 5.74) is 5.85. The van der Waals surface area contributed by atoms with Gasteiger partial charge in [0, 0.05) is 6.54 Å². The molecule has 13 heteroatoms. The predicted octanol–water partition coefficient (Wildman–Crippen LogP) is -1.69. The molecule has 204 valence electrons. The van der Waals surface area contributed by atoms with Gasteiger partial charge in [0.15, 0.2) is 0 Å². The Morgan fingerprint density at radius 3 is 2.17 bits per heavy atom. The minimum Gasteiger partial charge on any atom is -0.480 e. The first-order valence-corrected chi connectivity index (χ1v) is 12.2. The molecule has 0 radical (unpaired) electrons. The monoisotopic (exact) mass is 512 g/mol. The van der Waals surface area contributed by atoms with E-state index in [0.29, 0.717) is 25.8 Å². The topological polar surface area (TPSA) is 200 Å². The van der Waals surface area contributed by atoms with Crippen LogP contribution in [0.15, 0.2) is 0 Å². The maximum absolute atomic E-state index is 12.9. The van der Waals surface area contributed by atoms with Crippen LogP contribution in [0.1, 0.15) is 53.9 Å². The highest BCUT2D eigenvalue weighted by molar-refractivity contribution is 5.95. The van der Waals surface area contributed by atoms with Crippen LogP contribution in [0.3, 0.4) is 0 Å². The number of rotatable bonds is 13. The highest BCUT2D eigenvalue weighted by Crippen LogP contribution is 2.18. The van der Waals surface area contributed by atoms with Crippen molar-refractivity contribution in [1.82, 2.24) is 26.2 Å². The second kappa shape index (κ2) is 14.4. The summed E-state index contributed by atoms with van der Waals surface area (Å²) in [6, 6.07) is -3.53. The number of hydrogen-bond acceptors (Lipinski definition) is 7. The summed E-state index contributed by atoms with van der Waals surface area (Å²) in [5, 5.41) is 18.6. The third-order valence-corrected chi connectivity index (χ3v) is 6.23. The lowest BCUT2D eigenvalue weighted by molar-refractivity contribution is -0.142. The molecule has 0 aliphatic carbocycles. The SMILES string of the molecule is CC[C@H](C)[C@H](N)C(=O)NCC(=O)N[C@H](C(=O)N[C@@H](C)C(=O)N1CCC[C@H]1C(=O)NCC(=O)O)C(C)C. The van der Waals surface area contributed by atoms with Gasteiger partial charge < -0.3 is 37.0 Å². The van der Waals surface area contributed by atoms with Gasteiger partial charge in [-0.1, -0.05) is 34.1 Å². The molecule has 1 saturated heterocycles. The first kappa shape index (κ1) is 30.8. The number of nitrogens with two attached hydrogens (primary N) is 1. The molecule has 13 nitrogen and oxygen atoms in total. The quantitative estimate of drug-likeness (QED) is 0.168. The Kier molecular flexibility index (Phi) is 12.3. The summed E-state index contributed by atoms with van der Waals surface area (Å²) in [6.45, 7) is 8.04. The van der Waals surface area contributed by atoms with E-state index in [0.717, 1.165) is 0 Å². The van der Waals surface area contributed by atoms with Crippen LogP contribution >= 0.6 is 0 Å². The molecule has 0 spiro atoms. The van der Waals surface area contributed by atoms with Gasteiger partial charge in [-0.3, -0.25) is 28.8 Å². The van der Waals surface area contributed by atoms with E-state index in [1.807, 2.05) is 13.8 Å². The van der Waals surface area contributed by atoms with Crippen LogP contribution < -0.4 is 27.0 Å². The first-order chi connectivity index (χ1) is 16.8. The van der Waals surface area contributed by atoms with Crippen molar-refractivity contribution in [3.63, 3.8) is 0 Å². The van der Waals surface area contributed by atoms with Gasteiger partial charge >= 0.3 is 5.97 Å². The number of likely N-dealkylation sites (tertiary alicyclic amines) is 1. The van der Waals surface area contributed by atoms with E-state index in [1.165, 1.54) is 11.8 Å². The van der Waals surface area contributed by atoms with Crippen LogP contribution in [-0.2, 0) is 28.8 Å². The third-order valence-electron chi connectivity index (χ3n) is 6.23. The Balaban J connectivity index is 2.70. The standard InChI is InChI=1S/C23H40N6O7/c1-6-13(4)18(24)21(34)25-10-16(30)28-19(12(2)3)22(35)27-14(5)23(36)29-9-7-8-15(29)20(33)26-11-17(31)32/h12-15,18-19H,6-11,24H2,1-5H3,(H,25,34)(H,26,33)(H,27,35)(H,28,30)(H,31,32)/t13-,14-,15-,18-,19-/m0/s1. The first-order valence-electron chi connectivity index (χ1n) is 12.2. The Hall–Kier alpha value is -3.22. The number of aliphatic carboxylic acids is 1. The van der Waals surface area contributed by atoms with Gasteiger partial charge in [0.25, 0.3) is 0 Å². The molecule has 0 saturated carbocycles. The van der Waals surface area contributed by atoms with E-state index < -0.39 is 66.2 Å². The van der Waals surface area contributed by atoms with E-state index in [4.69, 9.17) is 10.8 Å². The average Bonchev–Trinajstić information content (AvgIpc) is 3.32. The lowest BCUT2D eigenvalue weighted by Gasteiger charge is -2.28. The Labute approximate surface area is 211 Å². The number of nitrogens with one attached hydrogen (secondary N) is 4. The highest BCUT2D eigenvalue weighted by atomic mass is 16.4. The number of carboxylic acid groups (broad SMARTS) is 1. The van der Waals surface area contributed by atoms with Gasteiger partial charge in [-0.2, -0.15) is 0 Å². The van der Waals surface area contributed by atoms with E-state index in [1.54, 1.807) is 13.8 Å². The van der Waals surface area contributed by atoms with E-state index in [9.17, 15) is 28.8 Å². The molecule has 36 heavy (non-hydrogen) atoms. The number of amides is 5. The molecule has 1 aliphatic heterocycles. The molecule has 0 bridgehead atoms. The molecule has 1 rings (SSSR count). The minimum absolute atomic E-state index is 0.0558. The Morgan fingerprint density at radius 2 is 1.61 bits per heavy atom. The van der Waals surface area contributed by atoms with Crippen molar-refractivity contribution in [2.75, 3.05) is 19.6 Å². The van der Waals surface area contributed by atoms with Crippen molar-refractivity contribution in [2.45, 2.75) is 78.0 Å². The molecular formula is C23H40N6O7. The second-order valence-corrected chi connectivity index (χ2v) is 9.45. The van der Waals surface area contributed by atoms with Crippen LogP contribution in [-0.4, -0.2) is 89.3 Å². The van der Waals surface area contributed by atoms with Crippen molar-refractivity contribution < 1.29 is 33.9 Å². The van der Waals surface area contributed by atoms with Crippen LogP contribution in [0.4, 0.5) is 0 Å². The number of carboxylic acids is 1. The molecule has 5 amide bonds. The van der Waals surface area contributed by atoms with Crippen molar-refractivity contribution in [3.05, 3.63) is 0 Å². The van der Waals surface area contributed by atoms with Gasteiger partial charge in [-0.05, 0) is 31.6 Å². The summed E-state index contributed by atoms with van der Waals surface area (Å²) in [4.78, 5) is 74.6. The second-order valence-electron chi connectivity index (χ2n) is 9.45. The van der Waals surface area contributed by atoms with E-state index in [-0.39, 0.29) is 18.4 Å². The summed E-state index contributed by atoms with van der Waals surface area (Å²) >= 11 is 0. The zero-order chi connectivity index (χ0) is 27.6. The molecule has 7 N–H and O–H groups in total. The molecule has 5 atom stereocenters. The molecule has 0 aromatic heterocycles. The number of nitrogens with zero attached hydrogens (tertiary/aromatic N) is 1. The molecule has 0 aromatic carbocycles. The van der Waals surface area contributed by atoms with Crippen molar-refractivity contribution in [1.29, 1.82) is 0 Å². The number of carbonyl (C=O) groups is 6. The fourth-order valence-corrected chi connectivity index (χ4v) is 3.75. The molecule has 1 fully saturated rings. The molecule has 0 aromatic rings. The normalized spacial score (nSPS) is 18.5. The number of hydrogen-bond donors (Lipinski definition) is 6. The fraction of sp³-hybridized carbons (Fsp3) is 0.739. The molecular weight excluding hydrogens is 472 g/mol. The van der Waals surface area contributed by atoms with Crippen molar-refractivity contribution in [2.24, 2.45) is 17.6 Å². The van der Waals surface area contributed by atoms with Crippen LogP contribution in [0.2, 0.25) is 0 Å².